The van der Waals surface area contributed by atoms with Crippen LogP contribution < -0.4 is 16.4 Å². The number of carbonyl (C=O) groups is 2. The zero-order valence-corrected chi connectivity index (χ0v) is 14.8. The van der Waals surface area contributed by atoms with Crippen LogP contribution in [0.2, 0.25) is 0 Å². The van der Waals surface area contributed by atoms with Crippen LogP contribution in [0.5, 0.6) is 0 Å². The third-order valence-electron chi connectivity index (χ3n) is 4.57. The van der Waals surface area contributed by atoms with E-state index in [2.05, 4.69) is 26.2 Å². The van der Waals surface area contributed by atoms with E-state index in [1.54, 1.807) is 6.07 Å². The molecule has 1 heterocycles. The molecule has 0 radical (unpaired) electrons. The third kappa shape index (κ3) is 3.98. The summed E-state index contributed by atoms with van der Waals surface area (Å²) in [6, 6.07) is 6.27. The minimum Gasteiger partial charge on any atom is -0.352 e. The molecule has 9 heteroatoms. The number of benzene rings is 1. The average molecular weight is 357 g/mol. The van der Waals surface area contributed by atoms with Gasteiger partial charge in [-0.15, -0.1) is 5.10 Å². The maximum absolute atomic E-state index is 12.6. The molecule has 0 bridgehead atoms. The molecule has 1 aliphatic carbocycles. The molecule has 0 saturated heterocycles. The van der Waals surface area contributed by atoms with Crippen LogP contribution in [0, 0.1) is 5.92 Å². The summed E-state index contributed by atoms with van der Waals surface area (Å²) in [5, 5.41) is 17.3. The SMILES string of the molecule is CCC(C)C(NC(N)=O)C(=O)Nc1cccc(-c2nnnn2C2CC2)c1. The summed E-state index contributed by atoms with van der Waals surface area (Å²) in [7, 11) is 0. The first kappa shape index (κ1) is 17.8. The fourth-order valence-electron chi connectivity index (χ4n) is 2.76. The zero-order valence-electron chi connectivity index (χ0n) is 14.8. The number of nitrogens with two attached hydrogens (primary N) is 1. The number of aromatic nitrogens is 4. The monoisotopic (exact) mass is 357 g/mol. The number of amides is 3. The lowest BCUT2D eigenvalue weighted by molar-refractivity contribution is -0.119. The molecule has 1 aromatic heterocycles. The fourth-order valence-corrected chi connectivity index (χ4v) is 2.76. The summed E-state index contributed by atoms with van der Waals surface area (Å²) in [5.74, 6) is 0.322. The Morgan fingerprint density at radius 3 is 2.81 bits per heavy atom. The van der Waals surface area contributed by atoms with E-state index in [1.165, 1.54) is 0 Å². The second kappa shape index (κ2) is 7.51. The van der Waals surface area contributed by atoms with Gasteiger partial charge >= 0.3 is 6.03 Å². The first-order valence-electron chi connectivity index (χ1n) is 8.74. The Labute approximate surface area is 151 Å². The number of primary amides is 1. The minimum atomic E-state index is -0.720. The minimum absolute atomic E-state index is 0.0483. The quantitative estimate of drug-likeness (QED) is 0.695. The van der Waals surface area contributed by atoms with E-state index in [0.29, 0.717) is 17.6 Å². The zero-order chi connectivity index (χ0) is 18.7. The van der Waals surface area contributed by atoms with Gasteiger partial charge in [-0.1, -0.05) is 32.4 Å². The van der Waals surface area contributed by atoms with E-state index in [0.717, 1.165) is 24.8 Å². The van der Waals surface area contributed by atoms with Gasteiger partial charge in [0.1, 0.15) is 6.04 Å². The Kier molecular flexibility index (Phi) is 5.15. The van der Waals surface area contributed by atoms with E-state index in [4.69, 9.17) is 5.73 Å². The fraction of sp³-hybridized carbons (Fsp3) is 0.471. The highest BCUT2D eigenvalue weighted by Gasteiger charge is 2.28. The number of urea groups is 1. The molecule has 3 rings (SSSR count). The molecular weight excluding hydrogens is 334 g/mol. The van der Waals surface area contributed by atoms with Crippen molar-refractivity contribution in [3.63, 3.8) is 0 Å². The normalized spacial score (nSPS) is 15.9. The third-order valence-corrected chi connectivity index (χ3v) is 4.57. The number of hydrogen-bond donors (Lipinski definition) is 3. The smallest absolute Gasteiger partial charge is 0.312 e. The van der Waals surface area contributed by atoms with Crippen molar-refractivity contribution in [1.29, 1.82) is 0 Å². The Bertz CT molecular complexity index is 800. The van der Waals surface area contributed by atoms with Crippen LogP contribution in [-0.2, 0) is 4.79 Å². The lowest BCUT2D eigenvalue weighted by Gasteiger charge is -2.22. The maximum atomic E-state index is 12.6. The van der Waals surface area contributed by atoms with Crippen molar-refractivity contribution >= 4 is 17.6 Å². The van der Waals surface area contributed by atoms with Gasteiger partial charge in [0, 0.05) is 11.3 Å². The van der Waals surface area contributed by atoms with Crippen molar-refractivity contribution in [3.8, 4) is 11.4 Å². The molecule has 1 saturated carbocycles. The summed E-state index contributed by atoms with van der Waals surface area (Å²) in [4.78, 5) is 23.8. The van der Waals surface area contributed by atoms with Crippen LogP contribution in [0.15, 0.2) is 24.3 Å². The topological polar surface area (TPSA) is 128 Å². The van der Waals surface area contributed by atoms with Gasteiger partial charge in [-0.25, -0.2) is 9.48 Å². The van der Waals surface area contributed by atoms with Gasteiger partial charge in [0.25, 0.3) is 0 Å². The summed E-state index contributed by atoms with van der Waals surface area (Å²) >= 11 is 0. The van der Waals surface area contributed by atoms with Gasteiger partial charge in [-0.05, 0) is 41.3 Å². The van der Waals surface area contributed by atoms with Gasteiger partial charge < -0.3 is 16.4 Å². The molecule has 2 aromatic rings. The predicted molar refractivity (Wildman–Crippen MR) is 96.1 cm³/mol. The first-order valence-corrected chi connectivity index (χ1v) is 8.74. The van der Waals surface area contributed by atoms with Gasteiger partial charge in [0.2, 0.25) is 5.91 Å². The van der Waals surface area contributed by atoms with Crippen LogP contribution in [-0.4, -0.2) is 38.2 Å². The van der Waals surface area contributed by atoms with Gasteiger partial charge in [-0.2, -0.15) is 0 Å². The van der Waals surface area contributed by atoms with Crippen LogP contribution in [0.1, 0.15) is 39.2 Å². The standard InChI is InChI=1S/C17H23N7O2/c1-3-10(2)14(20-17(18)26)16(25)19-12-6-4-5-11(9-12)15-21-22-23-24(15)13-7-8-13/h4-6,9-10,13-14H,3,7-8H2,1-2H3,(H,19,25)(H3,18,20,26). The molecule has 1 fully saturated rings. The van der Waals surface area contributed by atoms with Crippen molar-refractivity contribution < 1.29 is 9.59 Å². The largest absolute Gasteiger partial charge is 0.352 e. The molecule has 1 aromatic carbocycles. The summed E-state index contributed by atoms with van der Waals surface area (Å²) in [6.45, 7) is 3.84. The number of rotatable bonds is 7. The molecule has 2 unspecified atom stereocenters. The molecule has 9 nitrogen and oxygen atoms in total. The van der Waals surface area contributed by atoms with Gasteiger partial charge in [-0.3, -0.25) is 4.79 Å². The van der Waals surface area contributed by atoms with Crippen molar-refractivity contribution in [3.05, 3.63) is 24.3 Å². The van der Waals surface area contributed by atoms with Gasteiger partial charge in [0.15, 0.2) is 5.82 Å². The number of carbonyl (C=O) groups excluding carboxylic acids is 2. The van der Waals surface area contributed by atoms with Crippen molar-refractivity contribution in [1.82, 2.24) is 25.5 Å². The Morgan fingerprint density at radius 2 is 2.15 bits per heavy atom. The predicted octanol–water partition coefficient (Wildman–Crippen LogP) is 1.70. The van der Waals surface area contributed by atoms with E-state index < -0.39 is 12.1 Å². The van der Waals surface area contributed by atoms with Crippen molar-refractivity contribution in [2.45, 2.75) is 45.2 Å². The molecular formula is C17H23N7O2. The molecule has 0 spiro atoms. The second-order valence-corrected chi connectivity index (χ2v) is 6.62. The van der Waals surface area contributed by atoms with Gasteiger partial charge in [0.05, 0.1) is 6.04 Å². The van der Waals surface area contributed by atoms with E-state index in [-0.39, 0.29) is 11.8 Å². The van der Waals surface area contributed by atoms with Crippen LogP contribution in [0.4, 0.5) is 10.5 Å². The van der Waals surface area contributed by atoms with Crippen LogP contribution in [0.3, 0.4) is 0 Å². The Morgan fingerprint density at radius 1 is 1.38 bits per heavy atom. The van der Waals surface area contributed by atoms with Crippen molar-refractivity contribution in [2.24, 2.45) is 11.7 Å². The van der Waals surface area contributed by atoms with Crippen LogP contribution in [0.25, 0.3) is 11.4 Å². The highest BCUT2D eigenvalue weighted by Crippen LogP contribution is 2.36. The van der Waals surface area contributed by atoms with Crippen LogP contribution >= 0.6 is 0 Å². The Hall–Kier alpha value is -2.97. The lowest BCUT2D eigenvalue weighted by Crippen LogP contribution is -2.49. The number of anilines is 1. The molecule has 3 amide bonds. The number of hydrogen-bond acceptors (Lipinski definition) is 5. The number of nitrogens with one attached hydrogen (secondary N) is 2. The van der Waals surface area contributed by atoms with E-state index in [9.17, 15) is 9.59 Å². The highest BCUT2D eigenvalue weighted by molar-refractivity contribution is 5.97. The Balaban J connectivity index is 1.78. The molecule has 4 N–H and O–H groups in total. The second-order valence-electron chi connectivity index (χ2n) is 6.62. The van der Waals surface area contributed by atoms with E-state index >= 15 is 0 Å². The molecule has 138 valence electrons. The number of tetrazole rings is 1. The first-order chi connectivity index (χ1) is 12.5. The molecule has 2 atom stereocenters. The lowest BCUT2D eigenvalue weighted by atomic mass is 9.98. The molecule has 26 heavy (non-hydrogen) atoms. The summed E-state index contributed by atoms with van der Waals surface area (Å²) < 4.78 is 1.82. The summed E-state index contributed by atoms with van der Waals surface area (Å²) in [5.41, 5.74) is 6.63. The number of nitrogens with zero attached hydrogens (tertiary/aromatic N) is 4. The molecule has 0 aliphatic heterocycles. The van der Waals surface area contributed by atoms with E-state index in [1.807, 2.05) is 36.7 Å². The summed E-state index contributed by atoms with van der Waals surface area (Å²) in [6.07, 6.45) is 2.88. The van der Waals surface area contributed by atoms with Crippen molar-refractivity contribution in [2.75, 3.05) is 5.32 Å². The molecule has 1 aliphatic rings. The maximum Gasteiger partial charge on any atom is 0.312 e. The highest BCUT2D eigenvalue weighted by atomic mass is 16.2. The average Bonchev–Trinajstić information content (AvgIpc) is 3.35.